The molecule has 1 aromatic rings. The van der Waals surface area contributed by atoms with Crippen LogP contribution in [-0.2, 0) is 11.3 Å². The second-order valence-corrected chi connectivity index (χ2v) is 4.97. The summed E-state index contributed by atoms with van der Waals surface area (Å²) in [5, 5.41) is 7.31. The van der Waals surface area contributed by atoms with E-state index in [1.54, 1.807) is 16.3 Å². The van der Waals surface area contributed by atoms with Gasteiger partial charge in [0.25, 0.3) is 0 Å². The average Bonchev–Trinajstić information content (AvgIpc) is 2.89. The Morgan fingerprint density at radius 2 is 2.56 bits per heavy atom. The zero-order valence-corrected chi connectivity index (χ0v) is 10.3. The normalized spacial score (nSPS) is 20.4. The molecule has 1 N–H and O–H groups in total. The summed E-state index contributed by atoms with van der Waals surface area (Å²) < 4.78 is 7.22. The van der Waals surface area contributed by atoms with Crippen molar-refractivity contribution in [3.8, 4) is 0 Å². The summed E-state index contributed by atoms with van der Waals surface area (Å²) in [5.41, 5.74) is -0.130. The van der Waals surface area contributed by atoms with Gasteiger partial charge in [0, 0.05) is 12.4 Å². The topological polar surface area (TPSA) is 59.9 Å². The highest BCUT2D eigenvalue weighted by Crippen LogP contribution is 2.18. The largest absolute Gasteiger partial charge is 0.376 e. The molecule has 2 heterocycles. The number of nitrogens with one attached hydrogen (secondary N) is 1. The van der Waals surface area contributed by atoms with E-state index in [2.05, 4.69) is 17.1 Å². The molecular weight excluding hydrogens is 226 g/mol. The van der Waals surface area contributed by atoms with Crippen molar-refractivity contribution in [3.05, 3.63) is 10.5 Å². The second kappa shape index (κ2) is 5.54. The van der Waals surface area contributed by atoms with E-state index >= 15 is 0 Å². The maximum absolute atomic E-state index is 11.6. The number of thioether (sulfide) groups is 1. The lowest BCUT2D eigenvalue weighted by Gasteiger charge is -2.10. The third-order valence-electron chi connectivity index (χ3n) is 2.57. The lowest BCUT2D eigenvalue weighted by Crippen LogP contribution is -2.25. The first-order valence-electron chi connectivity index (χ1n) is 5.71. The minimum absolute atomic E-state index is 0.130. The minimum atomic E-state index is -0.130. The fourth-order valence-corrected chi connectivity index (χ4v) is 2.57. The van der Waals surface area contributed by atoms with E-state index in [4.69, 9.17) is 4.74 Å². The monoisotopic (exact) mass is 243 g/mol. The Hall–Kier alpha value is -0.750. The number of hydrogen-bond acceptors (Lipinski definition) is 4. The van der Waals surface area contributed by atoms with Crippen molar-refractivity contribution in [3.63, 3.8) is 0 Å². The lowest BCUT2D eigenvalue weighted by molar-refractivity contribution is 0.0941. The van der Waals surface area contributed by atoms with Crippen molar-refractivity contribution in [1.82, 2.24) is 14.8 Å². The van der Waals surface area contributed by atoms with Gasteiger partial charge >= 0.3 is 5.69 Å². The van der Waals surface area contributed by atoms with Gasteiger partial charge in [0.05, 0.1) is 12.6 Å². The molecular formula is C10H17N3O2S. The molecule has 0 bridgehead atoms. The van der Waals surface area contributed by atoms with Crippen molar-refractivity contribution in [2.75, 3.05) is 12.4 Å². The fraction of sp³-hybridized carbons (Fsp3) is 0.800. The van der Waals surface area contributed by atoms with Crippen LogP contribution in [0.4, 0.5) is 0 Å². The highest BCUT2D eigenvalue weighted by Gasteiger charge is 2.19. The number of ether oxygens (including phenoxy) is 1. The summed E-state index contributed by atoms with van der Waals surface area (Å²) in [5.74, 6) is 0.982. The summed E-state index contributed by atoms with van der Waals surface area (Å²) in [7, 11) is 0. The van der Waals surface area contributed by atoms with Gasteiger partial charge in [0.2, 0.25) is 0 Å². The van der Waals surface area contributed by atoms with Gasteiger partial charge in [-0.15, -0.1) is 5.10 Å². The van der Waals surface area contributed by atoms with Crippen LogP contribution in [0.15, 0.2) is 9.95 Å². The minimum Gasteiger partial charge on any atom is -0.376 e. The third kappa shape index (κ3) is 2.68. The van der Waals surface area contributed by atoms with Crippen LogP contribution >= 0.6 is 11.8 Å². The molecule has 2 rings (SSSR count). The average molecular weight is 243 g/mol. The van der Waals surface area contributed by atoms with E-state index in [1.807, 2.05) is 0 Å². The molecule has 1 fully saturated rings. The Kier molecular flexibility index (Phi) is 4.06. The molecule has 0 amide bonds. The summed E-state index contributed by atoms with van der Waals surface area (Å²) in [6, 6.07) is 0. The van der Waals surface area contributed by atoms with Gasteiger partial charge in [-0.25, -0.2) is 9.89 Å². The third-order valence-corrected chi connectivity index (χ3v) is 3.75. The van der Waals surface area contributed by atoms with Gasteiger partial charge in [-0.2, -0.15) is 0 Å². The smallest absolute Gasteiger partial charge is 0.344 e. The second-order valence-electron chi connectivity index (χ2n) is 3.91. The molecule has 1 atom stereocenters. The molecule has 0 radical (unpaired) electrons. The number of aromatic amines is 1. The van der Waals surface area contributed by atoms with E-state index in [-0.39, 0.29) is 11.8 Å². The molecule has 0 saturated carbocycles. The van der Waals surface area contributed by atoms with Crippen LogP contribution in [0.3, 0.4) is 0 Å². The van der Waals surface area contributed by atoms with Crippen LogP contribution in [0.25, 0.3) is 0 Å². The van der Waals surface area contributed by atoms with E-state index in [1.165, 1.54) is 0 Å². The van der Waals surface area contributed by atoms with Crippen LogP contribution in [0.5, 0.6) is 0 Å². The van der Waals surface area contributed by atoms with E-state index in [0.29, 0.717) is 6.54 Å². The molecule has 0 aromatic carbocycles. The first-order chi connectivity index (χ1) is 7.81. The van der Waals surface area contributed by atoms with Gasteiger partial charge < -0.3 is 4.74 Å². The summed E-state index contributed by atoms with van der Waals surface area (Å²) in [4.78, 5) is 11.6. The zero-order chi connectivity index (χ0) is 11.4. The van der Waals surface area contributed by atoms with E-state index in [0.717, 1.165) is 36.8 Å². The first-order valence-corrected chi connectivity index (χ1v) is 6.69. The molecule has 1 aromatic heterocycles. The maximum Gasteiger partial charge on any atom is 0.344 e. The van der Waals surface area contributed by atoms with Gasteiger partial charge in [-0.05, 0) is 19.3 Å². The Bertz CT molecular complexity index is 382. The van der Waals surface area contributed by atoms with Crippen molar-refractivity contribution >= 4 is 11.8 Å². The number of nitrogens with zero attached hydrogens (tertiary/aromatic N) is 2. The quantitative estimate of drug-likeness (QED) is 0.791. The molecule has 5 nitrogen and oxygen atoms in total. The molecule has 1 aliphatic heterocycles. The van der Waals surface area contributed by atoms with Gasteiger partial charge in [0.1, 0.15) is 0 Å². The standard InChI is InChI=1S/C10H17N3O2S/c1-2-6-16-10-12-11-9(14)13(10)7-8-4-3-5-15-8/h8H,2-7H2,1H3,(H,11,14). The molecule has 0 spiro atoms. The van der Waals surface area contributed by atoms with Gasteiger partial charge in [-0.1, -0.05) is 18.7 Å². The molecule has 0 aliphatic carbocycles. The maximum atomic E-state index is 11.6. The number of aromatic nitrogens is 3. The van der Waals surface area contributed by atoms with Crippen LogP contribution in [0.1, 0.15) is 26.2 Å². The summed E-state index contributed by atoms with van der Waals surface area (Å²) in [6.07, 6.45) is 3.38. The Morgan fingerprint density at radius 1 is 1.69 bits per heavy atom. The predicted octanol–water partition coefficient (Wildman–Crippen LogP) is 1.25. The zero-order valence-electron chi connectivity index (χ0n) is 9.44. The van der Waals surface area contributed by atoms with Crippen molar-refractivity contribution in [2.24, 2.45) is 0 Å². The molecule has 6 heteroatoms. The molecule has 16 heavy (non-hydrogen) atoms. The fourth-order valence-electron chi connectivity index (χ4n) is 1.76. The number of hydrogen-bond donors (Lipinski definition) is 1. The van der Waals surface area contributed by atoms with Gasteiger partial charge in [0.15, 0.2) is 5.16 Å². The molecule has 1 saturated heterocycles. The highest BCUT2D eigenvalue weighted by atomic mass is 32.2. The van der Waals surface area contributed by atoms with Crippen LogP contribution in [-0.4, -0.2) is 33.2 Å². The SMILES string of the molecule is CCCSc1n[nH]c(=O)n1CC1CCCO1. The van der Waals surface area contributed by atoms with Gasteiger partial charge in [-0.3, -0.25) is 4.57 Å². The number of rotatable bonds is 5. The Morgan fingerprint density at radius 3 is 3.25 bits per heavy atom. The highest BCUT2D eigenvalue weighted by molar-refractivity contribution is 7.99. The molecule has 90 valence electrons. The summed E-state index contributed by atoms with van der Waals surface area (Å²) in [6.45, 7) is 3.55. The predicted molar refractivity (Wildman–Crippen MR) is 62.8 cm³/mol. The molecule has 1 aliphatic rings. The Labute approximate surface area is 98.6 Å². The first kappa shape index (κ1) is 11.7. The van der Waals surface area contributed by atoms with E-state index < -0.39 is 0 Å². The van der Waals surface area contributed by atoms with Crippen LogP contribution in [0, 0.1) is 0 Å². The summed E-state index contributed by atoms with van der Waals surface area (Å²) >= 11 is 1.62. The Balaban J connectivity index is 2.05. The van der Waals surface area contributed by atoms with Crippen LogP contribution < -0.4 is 5.69 Å². The number of H-pyrrole nitrogens is 1. The van der Waals surface area contributed by atoms with Crippen molar-refractivity contribution in [1.29, 1.82) is 0 Å². The van der Waals surface area contributed by atoms with E-state index in [9.17, 15) is 4.79 Å². The van der Waals surface area contributed by atoms with Crippen LogP contribution in [0.2, 0.25) is 0 Å². The lowest BCUT2D eigenvalue weighted by atomic mass is 10.2. The van der Waals surface area contributed by atoms with Crippen molar-refractivity contribution in [2.45, 2.75) is 44.0 Å². The molecule has 1 unspecified atom stereocenters. The van der Waals surface area contributed by atoms with Crippen molar-refractivity contribution < 1.29 is 4.74 Å².